The summed E-state index contributed by atoms with van der Waals surface area (Å²) in [5.41, 5.74) is 0.524. The first-order valence-electron chi connectivity index (χ1n) is 10.5. The maximum absolute atomic E-state index is 12.2. The van der Waals surface area contributed by atoms with Crippen LogP contribution >= 0.6 is 23.2 Å². The number of hydrogen-bond donors (Lipinski definition) is 1. The Balaban J connectivity index is 1.33. The van der Waals surface area contributed by atoms with E-state index < -0.39 is 0 Å². The van der Waals surface area contributed by atoms with E-state index in [9.17, 15) is 9.59 Å². The Kier molecular flexibility index (Phi) is 8.84. The molecule has 2 aromatic carbocycles. The standard InChI is InChI=1S/C25H25Cl2NO4/c1-2-18-14-23(11-12-24(18)27)32-16-25(30)28-20-7-3-17(4-8-20)13-21(29)15-31-22-9-5-19(26)6-10-22/h1,5-6,9-12,14,17,20H,3-4,7-8,13,15-16H2,(H,28,30). The molecule has 2 aromatic rings. The molecule has 0 aliphatic heterocycles. The lowest BCUT2D eigenvalue weighted by atomic mass is 9.83. The van der Waals surface area contributed by atoms with Crippen molar-refractivity contribution in [3.63, 3.8) is 0 Å². The van der Waals surface area contributed by atoms with Gasteiger partial charge in [0.2, 0.25) is 0 Å². The van der Waals surface area contributed by atoms with Crippen LogP contribution in [0.25, 0.3) is 0 Å². The van der Waals surface area contributed by atoms with Crippen LogP contribution in [0, 0.1) is 18.3 Å². The number of nitrogens with one attached hydrogen (secondary N) is 1. The lowest BCUT2D eigenvalue weighted by Gasteiger charge is -2.28. The van der Waals surface area contributed by atoms with Crippen molar-refractivity contribution in [3.05, 3.63) is 58.1 Å². The first kappa shape index (κ1) is 24.0. The monoisotopic (exact) mass is 473 g/mol. The predicted octanol–water partition coefficient (Wildman–Crippen LogP) is 5.07. The highest BCUT2D eigenvalue weighted by Crippen LogP contribution is 2.27. The van der Waals surface area contributed by atoms with E-state index in [1.807, 2.05) is 0 Å². The first-order valence-corrected chi connectivity index (χ1v) is 11.3. The SMILES string of the molecule is C#Cc1cc(OCC(=O)NC2CCC(CC(=O)COc3ccc(Cl)cc3)CC2)ccc1Cl. The third-order valence-corrected chi connectivity index (χ3v) is 5.99. The van der Waals surface area contributed by atoms with E-state index in [0.29, 0.717) is 39.4 Å². The Hall–Kier alpha value is -2.68. The fourth-order valence-electron chi connectivity index (χ4n) is 3.71. The molecule has 1 aliphatic rings. The van der Waals surface area contributed by atoms with Gasteiger partial charge in [-0.1, -0.05) is 29.1 Å². The summed E-state index contributed by atoms with van der Waals surface area (Å²) in [6.07, 6.45) is 9.33. The molecule has 1 aliphatic carbocycles. The van der Waals surface area contributed by atoms with E-state index in [2.05, 4.69) is 11.2 Å². The van der Waals surface area contributed by atoms with Gasteiger partial charge in [-0.15, -0.1) is 6.42 Å². The molecule has 1 N–H and O–H groups in total. The van der Waals surface area contributed by atoms with Crippen LogP contribution in [-0.2, 0) is 9.59 Å². The van der Waals surface area contributed by atoms with E-state index in [0.717, 1.165) is 25.7 Å². The average molecular weight is 474 g/mol. The van der Waals surface area contributed by atoms with Gasteiger partial charge in [0.15, 0.2) is 12.4 Å². The summed E-state index contributed by atoms with van der Waals surface area (Å²) < 4.78 is 11.0. The van der Waals surface area contributed by atoms with Crippen LogP contribution in [-0.4, -0.2) is 30.9 Å². The summed E-state index contributed by atoms with van der Waals surface area (Å²) in [5, 5.41) is 4.10. The number of carbonyl (C=O) groups excluding carboxylic acids is 2. The molecule has 1 saturated carbocycles. The molecule has 7 heteroatoms. The average Bonchev–Trinajstić information content (AvgIpc) is 2.79. The Labute approximate surface area is 198 Å². The highest BCUT2D eigenvalue weighted by molar-refractivity contribution is 6.31. The van der Waals surface area contributed by atoms with E-state index in [-0.39, 0.29) is 30.9 Å². The number of ketones is 1. The maximum Gasteiger partial charge on any atom is 0.258 e. The fourth-order valence-corrected chi connectivity index (χ4v) is 4.01. The van der Waals surface area contributed by atoms with E-state index in [1.54, 1.807) is 42.5 Å². The third-order valence-electron chi connectivity index (χ3n) is 5.40. The van der Waals surface area contributed by atoms with Gasteiger partial charge >= 0.3 is 0 Å². The lowest BCUT2D eigenvalue weighted by Crippen LogP contribution is -2.40. The summed E-state index contributed by atoms with van der Waals surface area (Å²) in [7, 11) is 0. The normalized spacial score (nSPS) is 17.8. The molecule has 0 unspecified atom stereocenters. The molecule has 0 spiro atoms. The van der Waals surface area contributed by atoms with Crippen LogP contribution in [0.15, 0.2) is 42.5 Å². The zero-order valence-corrected chi connectivity index (χ0v) is 19.1. The Morgan fingerprint density at radius 3 is 2.31 bits per heavy atom. The molecular weight excluding hydrogens is 449 g/mol. The molecule has 1 amide bonds. The van der Waals surface area contributed by atoms with Gasteiger partial charge in [0.1, 0.15) is 18.1 Å². The van der Waals surface area contributed by atoms with Crippen LogP contribution < -0.4 is 14.8 Å². The van der Waals surface area contributed by atoms with Crippen LogP contribution in [0.1, 0.15) is 37.7 Å². The molecule has 0 radical (unpaired) electrons. The van der Waals surface area contributed by atoms with Crippen molar-refractivity contribution in [3.8, 4) is 23.8 Å². The maximum atomic E-state index is 12.2. The van der Waals surface area contributed by atoms with Crippen molar-refractivity contribution >= 4 is 34.9 Å². The van der Waals surface area contributed by atoms with Gasteiger partial charge < -0.3 is 14.8 Å². The first-order chi connectivity index (χ1) is 15.4. The zero-order chi connectivity index (χ0) is 22.9. The summed E-state index contributed by atoms with van der Waals surface area (Å²) in [5.74, 6) is 3.82. The van der Waals surface area contributed by atoms with Crippen molar-refractivity contribution in [2.45, 2.75) is 38.1 Å². The topological polar surface area (TPSA) is 64.6 Å². The molecule has 0 bridgehead atoms. The number of Topliss-reactive ketones (excluding diaryl/α,β-unsaturated/α-hetero) is 1. The molecular formula is C25H25Cl2NO4. The van der Waals surface area contributed by atoms with Gasteiger partial charge in [-0.05, 0) is 74.1 Å². The van der Waals surface area contributed by atoms with Crippen molar-refractivity contribution in [2.75, 3.05) is 13.2 Å². The number of rotatable bonds is 9. The minimum absolute atomic E-state index is 0.0573. The molecule has 32 heavy (non-hydrogen) atoms. The van der Waals surface area contributed by atoms with E-state index >= 15 is 0 Å². The zero-order valence-electron chi connectivity index (χ0n) is 17.6. The third kappa shape index (κ3) is 7.47. The number of hydrogen-bond acceptors (Lipinski definition) is 4. The molecule has 0 atom stereocenters. The van der Waals surface area contributed by atoms with E-state index in [1.165, 1.54) is 0 Å². The Morgan fingerprint density at radius 1 is 0.969 bits per heavy atom. The highest BCUT2D eigenvalue weighted by Gasteiger charge is 2.24. The predicted molar refractivity (Wildman–Crippen MR) is 125 cm³/mol. The summed E-state index contributed by atoms with van der Waals surface area (Å²) >= 11 is 11.8. The summed E-state index contributed by atoms with van der Waals surface area (Å²) in [6.45, 7) is -0.0339. The number of carbonyl (C=O) groups is 2. The molecule has 168 valence electrons. The molecule has 3 rings (SSSR count). The van der Waals surface area contributed by atoms with Gasteiger partial charge in [-0.2, -0.15) is 0 Å². The Morgan fingerprint density at radius 2 is 1.62 bits per heavy atom. The smallest absolute Gasteiger partial charge is 0.258 e. The number of benzene rings is 2. The quantitative estimate of drug-likeness (QED) is 0.516. The van der Waals surface area contributed by atoms with Crippen LogP contribution in [0.3, 0.4) is 0 Å². The van der Waals surface area contributed by atoms with Gasteiger partial charge in [-0.25, -0.2) is 0 Å². The molecule has 0 saturated heterocycles. The number of amides is 1. The summed E-state index contributed by atoms with van der Waals surface area (Å²) in [6, 6.07) is 12.0. The second-order valence-electron chi connectivity index (χ2n) is 7.85. The van der Waals surface area contributed by atoms with Crippen molar-refractivity contribution in [2.24, 2.45) is 5.92 Å². The van der Waals surface area contributed by atoms with Crippen molar-refractivity contribution in [1.82, 2.24) is 5.32 Å². The van der Waals surface area contributed by atoms with Gasteiger partial charge in [-0.3, -0.25) is 9.59 Å². The van der Waals surface area contributed by atoms with Crippen LogP contribution in [0.2, 0.25) is 10.0 Å². The molecule has 5 nitrogen and oxygen atoms in total. The molecule has 0 heterocycles. The fraction of sp³-hybridized carbons (Fsp3) is 0.360. The lowest BCUT2D eigenvalue weighted by molar-refractivity contribution is -0.125. The largest absolute Gasteiger partial charge is 0.486 e. The van der Waals surface area contributed by atoms with Crippen LogP contribution in [0.5, 0.6) is 11.5 Å². The van der Waals surface area contributed by atoms with E-state index in [4.69, 9.17) is 39.1 Å². The summed E-state index contributed by atoms with van der Waals surface area (Å²) in [4.78, 5) is 24.5. The molecule has 0 aromatic heterocycles. The number of terminal acetylenes is 1. The minimum Gasteiger partial charge on any atom is -0.486 e. The van der Waals surface area contributed by atoms with Crippen LogP contribution in [0.4, 0.5) is 0 Å². The van der Waals surface area contributed by atoms with Gasteiger partial charge in [0.25, 0.3) is 5.91 Å². The second kappa shape index (κ2) is 11.8. The van der Waals surface area contributed by atoms with Gasteiger partial charge in [0.05, 0.1) is 5.02 Å². The van der Waals surface area contributed by atoms with Crippen molar-refractivity contribution in [1.29, 1.82) is 0 Å². The second-order valence-corrected chi connectivity index (χ2v) is 8.69. The molecule has 1 fully saturated rings. The Bertz CT molecular complexity index is 976. The number of halogens is 2. The van der Waals surface area contributed by atoms with Crippen molar-refractivity contribution < 1.29 is 19.1 Å². The minimum atomic E-state index is -0.182. The number of ether oxygens (including phenoxy) is 2. The highest BCUT2D eigenvalue weighted by atomic mass is 35.5. The van der Waals surface area contributed by atoms with Gasteiger partial charge in [0, 0.05) is 23.0 Å².